The van der Waals surface area contributed by atoms with E-state index in [0.717, 1.165) is 16.7 Å². The molecule has 0 atom stereocenters. The van der Waals surface area contributed by atoms with Gasteiger partial charge in [-0.15, -0.1) is 0 Å². The lowest BCUT2D eigenvalue weighted by atomic mass is 10.1. The Kier molecular flexibility index (Phi) is 6.99. The highest BCUT2D eigenvalue weighted by atomic mass is 127. The molecule has 0 amide bonds. The van der Waals surface area contributed by atoms with E-state index < -0.39 is 0 Å². The van der Waals surface area contributed by atoms with Crippen molar-refractivity contribution < 1.29 is 33.2 Å². The van der Waals surface area contributed by atoms with Crippen LogP contribution in [-0.2, 0) is 6.42 Å². The van der Waals surface area contributed by atoms with Crippen molar-refractivity contribution in [1.82, 2.24) is 0 Å². The van der Waals surface area contributed by atoms with Crippen LogP contribution >= 0.6 is 0 Å². The van der Waals surface area contributed by atoms with Gasteiger partial charge in [0.05, 0.1) is 34.8 Å². The summed E-state index contributed by atoms with van der Waals surface area (Å²) in [4.78, 5) is 0. The molecule has 0 unspecified atom stereocenters. The molecule has 0 aliphatic carbocycles. The van der Waals surface area contributed by atoms with Gasteiger partial charge in [0, 0.05) is 6.42 Å². The molecule has 16 heavy (non-hydrogen) atoms. The molecular weight excluding hydrogens is 313 g/mol. The zero-order valence-corrected chi connectivity index (χ0v) is 12.8. The molecule has 0 aromatic heterocycles. The number of quaternary nitrogens is 1. The minimum absolute atomic E-state index is 0. The summed E-state index contributed by atoms with van der Waals surface area (Å²) < 4.78 is 6.23. The van der Waals surface area contributed by atoms with Crippen LogP contribution in [-0.4, -0.2) is 39.3 Å². The molecule has 0 radical (unpaired) electrons. The van der Waals surface area contributed by atoms with E-state index in [1.165, 1.54) is 18.5 Å². The van der Waals surface area contributed by atoms with E-state index in [1.54, 1.807) is 7.11 Å². The van der Waals surface area contributed by atoms with Gasteiger partial charge in [0.15, 0.2) is 0 Å². The normalized spacial score (nSPS) is 10.8. The van der Waals surface area contributed by atoms with Gasteiger partial charge in [0.2, 0.25) is 0 Å². The van der Waals surface area contributed by atoms with Gasteiger partial charge >= 0.3 is 0 Å². The zero-order chi connectivity index (χ0) is 11.3. The van der Waals surface area contributed by atoms with Gasteiger partial charge in [-0.2, -0.15) is 0 Å². The van der Waals surface area contributed by atoms with E-state index in [1.807, 2.05) is 6.07 Å². The van der Waals surface area contributed by atoms with Crippen LogP contribution in [0.4, 0.5) is 0 Å². The first-order valence-corrected chi connectivity index (χ1v) is 5.45. The highest BCUT2D eigenvalue weighted by Crippen LogP contribution is 2.14. The van der Waals surface area contributed by atoms with Crippen molar-refractivity contribution >= 4 is 0 Å². The number of hydrogen-bond donors (Lipinski definition) is 0. The molecule has 0 saturated heterocycles. The Balaban J connectivity index is 0.00000225. The van der Waals surface area contributed by atoms with Gasteiger partial charge in [-0.25, -0.2) is 0 Å². The Labute approximate surface area is 116 Å². The monoisotopic (exact) mass is 335 g/mol. The van der Waals surface area contributed by atoms with E-state index in [0.29, 0.717) is 0 Å². The first kappa shape index (κ1) is 15.7. The van der Waals surface area contributed by atoms with Crippen LogP contribution in [0, 0.1) is 0 Å². The lowest BCUT2D eigenvalue weighted by molar-refractivity contribution is -0.870. The molecule has 0 spiro atoms. The second kappa shape index (κ2) is 7.12. The fourth-order valence-electron chi connectivity index (χ4n) is 1.59. The molecule has 0 aliphatic rings. The Morgan fingerprint density at radius 1 is 1.19 bits per heavy atom. The number of ether oxygens (including phenoxy) is 1. The van der Waals surface area contributed by atoms with Crippen molar-refractivity contribution in [3.05, 3.63) is 29.8 Å². The first-order chi connectivity index (χ1) is 7.01. The Bertz CT molecular complexity index is 307. The van der Waals surface area contributed by atoms with Crippen molar-refractivity contribution in [2.24, 2.45) is 0 Å². The molecule has 1 aromatic rings. The molecule has 0 saturated carbocycles. The van der Waals surface area contributed by atoms with Gasteiger partial charge in [0.1, 0.15) is 5.75 Å². The molecule has 0 fully saturated rings. The summed E-state index contributed by atoms with van der Waals surface area (Å²) in [6, 6.07) is 8.33. The van der Waals surface area contributed by atoms with Crippen molar-refractivity contribution in [3.63, 3.8) is 0 Å². The minimum atomic E-state index is 0. The fraction of sp³-hybridized carbons (Fsp3) is 0.538. The number of methoxy groups -OCH3 is 1. The highest BCUT2D eigenvalue weighted by Gasteiger charge is 2.06. The van der Waals surface area contributed by atoms with Gasteiger partial charge in [0.25, 0.3) is 0 Å². The summed E-state index contributed by atoms with van der Waals surface area (Å²) in [5, 5.41) is 0. The van der Waals surface area contributed by atoms with Gasteiger partial charge in [-0.1, -0.05) is 12.1 Å². The molecular formula is C13H22INO. The van der Waals surface area contributed by atoms with E-state index in [2.05, 4.69) is 39.3 Å². The maximum absolute atomic E-state index is 5.20. The Morgan fingerprint density at radius 3 is 2.44 bits per heavy atom. The summed E-state index contributed by atoms with van der Waals surface area (Å²) in [6.07, 6.45) is 2.35. The van der Waals surface area contributed by atoms with Crippen LogP contribution in [0.3, 0.4) is 0 Å². The third-order valence-corrected chi connectivity index (χ3v) is 2.43. The van der Waals surface area contributed by atoms with Crippen molar-refractivity contribution in [3.8, 4) is 5.75 Å². The SMILES string of the molecule is COc1cccc(CCC[N+](C)(C)C)c1.[I-]. The maximum Gasteiger partial charge on any atom is 0.119 e. The molecule has 0 N–H and O–H groups in total. The lowest BCUT2D eigenvalue weighted by Gasteiger charge is -2.23. The lowest BCUT2D eigenvalue weighted by Crippen LogP contribution is -3.00. The molecule has 0 aliphatic heterocycles. The average molecular weight is 335 g/mol. The summed E-state index contributed by atoms with van der Waals surface area (Å²) in [5.74, 6) is 0.956. The standard InChI is InChI=1S/C13H22NO.HI/c1-14(2,3)10-6-8-12-7-5-9-13(11-12)15-4;/h5,7,9,11H,6,8,10H2,1-4H3;1H/q+1;/p-1. The average Bonchev–Trinajstić information content (AvgIpc) is 2.16. The van der Waals surface area contributed by atoms with Crippen molar-refractivity contribution in [2.45, 2.75) is 12.8 Å². The van der Waals surface area contributed by atoms with Crippen molar-refractivity contribution in [2.75, 3.05) is 34.8 Å². The van der Waals surface area contributed by atoms with E-state index in [9.17, 15) is 0 Å². The molecule has 92 valence electrons. The van der Waals surface area contributed by atoms with Gasteiger partial charge in [-0.05, 0) is 24.1 Å². The predicted molar refractivity (Wildman–Crippen MR) is 64.2 cm³/mol. The topological polar surface area (TPSA) is 9.23 Å². The van der Waals surface area contributed by atoms with Crippen LogP contribution in [0.1, 0.15) is 12.0 Å². The summed E-state index contributed by atoms with van der Waals surface area (Å²) in [7, 11) is 8.40. The quantitative estimate of drug-likeness (QED) is 0.513. The highest BCUT2D eigenvalue weighted by molar-refractivity contribution is 5.28. The van der Waals surface area contributed by atoms with Gasteiger partial charge in [-0.3, -0.25) is 0 Å². The zero-order valence-electron chi connectivity index (χ0n) is 10.7. The predicted octanol–water partition coefficient (Wildman–Crippen LogP) is -0.662. The third-order valence-electron chi connectivity index (χ3n) is 2.43. The molecule has 0 bridgehead atoms. The second-order valence-electron chi connectivity index (χ2n) is 4.97. The number of hydrogen-bond acceptors (Lipinski definition) is 1. The molecule has 0 heterocycles. The largest absolute Gasteiger partial charge is 1.00 e. The Morgan fingerprint density at radius 2 is 1.88 bits per heavy atom. The summed E-state index contributed by atoms with van der Waals surface area (Å²) in [6.45, 7) is 1.21. The number of halogens is 1. The van der Waals surface area contributed by atoms with Crippen molar-refractivity contribution in [1.29, 1.82) is 0 Å². The second-order valence-corrected chi connectivity index (χ2v) is 4.97. The van der Waals surface area contributed by atoms with Crippen LogP contribution in [0.25, 0.3) is 0 Å². The smallest absolute Gasteiger partial charge is 0.119 e. The first-order valence-electron chi connectivity index (χ1n) is 5.45. The van der Waals surface area contributed by atoms with E-state index >= 15 is 0 Å². The molecule has 2 nitrogen and oxygen atoms in total. The van der Waals surface area contributed by atoms with E-state index in [-0.39, 0.29) is 24.0 Å². The maximum atomic E-state index is 5.20. The molecule has 3 heteroatoms. The number of benzene rings is 1. The summed E-state index contributed by atoms with van der Waals surface area (Å²) in [5.41, 5.74) is 1.36. The fourth-order valence-corrected chi connectivity index (χ4v) is 1.59. The minimum Gasteiger partial charge on any atom is -1.00 e. The van der Waals surface area contributed by atoms with Crippen LogP contribution in [0.2, 0.25) is 0 Å². The van der Waals surface area contributed by atoms with Crippen LogP contribution < -0.4 is 28.7 Å². The Hall–Kier alpha value is -0.290. The third kappa shape index (κ3) is 6.33. The van der Waals surface area contributed by atoms with Crippen LogP contribution in [0.15, 0.2) is 24.3 Å². The van der Waals surface area contributed by atoms with E-state index in [4.69, 9.17) is 4.74 Å². The molecule has 1 rings (SSSR count). The summed E-state index contributed by atoms with van der Waals surface area (Å²) >= 11 is 0. The number of nitrogens with zero attached hydrogens (tertiary/aromatic N) is 1. The van der Waals surface area contributed by atoms with Gasteiger partial charge < -0.3 is 33.2 Å². The number of aryl methyl sites for hydroxylation is 1. The molecule has 1 aromatic carbocycles. The van der Waals surface area contributed by atoms with Crippen LogP contribution in [0.5, 0.6) is 5.75 Å². The number of rotatable bonds is 5.